The molecule has 8 heteroatoms. The van der Waals surface area contributed by atoms with Crippen molar-refractivity contribution in [3.05, 3.63) is 60.9 Å². The fourth-order valence-corrected chi connectivity index (χ4v) is 2.44. The van der Waals surface area contributed by atoms with Crippen molar-refractivity contribution in [1.29, 1.82) is 0 Å². The summed E-state index contributed by atoms with van der Waals surface area (Å²) in [7, 11) is 3.86. The molecule has 1 amide bonds. The highest BCUT2D eigenvalue weighted by molar-refractivity contribution is 5.88. The lowest BCUT2D eigenvalue weighted by Gasteiger charge is -2.08. The van der Waals surface area contributed by atoms with Gasteiger partial charge in [-0.05, 0) is 48.5 Å². The summed E-state index contributed by atoms with van der Waals surface area (Å²) < 4.78 is 3.81. The second-order valence-corrected chi connectivity index (χ2v) is 5.95. The van der Waals surface area contributed by atoms with E-state index in [2.05, 4.69) is 20.9 Å². The number of imidazole rings is 1. The average molecular weight is 385 g/mol. The minimum atomic E-state index is -0.0839. The third kappa shape index (κ3) is 5.39. The number of amides is 1. The molecular formula is C19H21ClN6O. The Kier molecular flexibility index (Phi) is 6.67. The normalized spacial score (nSPS) is 10.5. The van der Waals surface area contributed by atoms with E-state index < -0.39 is 0 Å². The smallest absolute Gasteiger partial charge is 0.421 e. The minimum Gasteiger partial charge on any atom is -1.00 e. The lowest BCUT2D eigenvalue weighted by molar-refractivity contribution is -0.657. The van der Waals surface area contributed by atoms with Crippen LogP contribution in [0.1, 0.15) is 6.92 Å². The molecule has 27 heavy (non-hydrogen) atoms. The van der Waals surface area contributed by atoms with E-state index in [0.29, 0.717) is 0 Å². The Morgan fingerprint density at radius 3 is 2.04 bits per heavy atom. The standard InChI is InChI=1S/C19H20N6O.ClH/c1-14(26)20-15-4-6-16(7-5-15)21-17-8-10-18(11-9-17)22-23-19-24(2)12-13-25(19)3;/h4-13H,1-3H3,(H,20,22,26);1H. The van der Waals surface area contributed by atoms with Gasteiger partial charge in [0, 0.05) is 29.1 Å². The second-order valence-electron chi connectivity index (χ2n) is 5.95. The third-order valence-corrected chi connectivity index (χ3v) is 3.76. The molecule has 0 fully saturated rings. The molecule has 0 bridgehead atoms. The molecule has 0 saturated heterocycles. The molecule has 0 spiro atoms. The van der Waals surface area contributed by atoms with Gasteiger partial charge in [0.25, 0.3) is 0 Å². The van der Waals surface area contributed by atoms with Gasteiger partial charge in [0.1, 0.15) is 5.69 Å². The van der Waals surface area contributed by atoms with E-state index >= 15 is 0 Å². The highest BCUT2D eigenvalue weighted by Crippen LogP contribution is 2.22. The molecular weight excluding hydrogens is 364 g/mol. The fourth-order valence-electron chi connectivity index (χ4n) is 2.44. The van der Waals surface area contributed by atoms with Crippen molar-refractivity contribution in [3.8, 4) is 0 Å². The average Bonchev–Trinajstić information content (AvgIpc) is 2.94. The van der Waals surface area contributed by atoms with Crippen LogP contribution in [0.2, 0.25) is 0 Å². The van der Waals surface area contributed by atoms with Crippen LogP contribution >= 0.6 is 0 Å². The Hall–Kier alpha value is -3.19. The van der Waals surface area contributed by atoms with Crippen LogP contribution in [0.15, 0.2) is 71.2 Å². The first-order chi connectivity index (χ1) is 12.5. The van der Waals surface area contributed by atoms with Gasteiger partial charge < -0.3 is 23.0 Å². The van der Waals surface area contributed by atoms with Crippen LogP contribution in [0.3, 0.4) is 0 Å². The zero-order chi connectivity index (χ0) is 18.5. The summed E-state index contributed by atoms with van der Waals surface area (Å²) in [6.45, 7) is 1.49. The molecule has 0 aliphatic heterocycles. The Morgan fingerprint density at radius 2 is 1.52 bits per heavy atom. The van der Waals surface area contributed by atoms with Gasteiger partial charge >= 0.3 is 5.95 Å². The summed E-state index contributed by atoms with van der Waals surface area (Å²) in [6.07, 6.45) is 3.86. The van der Waals surface area contributed by atoms with Gasteiger partial charge in [0.05, 0.1) is 26.5 Å². The van der Waals surface area contributed by atoms with Gasteiger partial charge in [0.15, 0.2) is 0 Å². The maximum Gasteiger partial charge on any atom is 0.421 e. The molecule has 3 rings (SSSR count). The minimum absolute atomic E-state index is 0. The molecule has 3 aromatic rings. The number of hydrogen-bond acceptors (Lipinski definition) is 4. The van der Waals surface area contributed by atoms with Crippen molar-refractivity contribution in [2.45, 2.75) is 6.92 Å². The van der Waals surface area contributed by atoms with Crippen molar-refractivity contribution in [1.82, 2.24) is 4.57 Å². The number of azo groups is 1. The van der Waals surface area contributed by atoms with Crippen molar-refractivity contribution in [2.75, 3.05) is 10.6 Å². The summed E-state index contributed by atoms with van der Waals surface area (Å²) in [6, 6.07) is 15.2. The monoisotopic (exact) mass is 384 g/mol. The summed E-state index contributed by atoms with van der Waals surface area (Å²) in [4.78, 5) is 11.0. The Morgan fingerprint density at radius 1 is 0.963 bits per heavy atom. The maximum absolute atomic E-state index is 11.0. The lowest BCUT2D eigenvalue weighted by atomic mass is 10.2. The molecule has 140 valence electrons. The van der Waals surface area contributed by atoms with Crippen LogP contribution in [0.5, 0.6) is 0 Å². The SMILES string of the molecule is CC(=O)Nc1ccc(Nc2ccc(N=Nc3n(C)cc[n+]3C)cc2)cc1.[Cl-]. The highest BCUT2D eigenvalue weighted by Gasteiger charge is 2.10. The lowest BCUT2D eigenvalue weighted by Crippen LogP contribution is -3.00. The van der Waals surface area contributed by atoms with Gasteiger partial charge in [-0.1, -0.05) is 5.11 Å². The summed E-state index contributed by atoms with van der Waals surface area (Å²) in [5.41, 5.74) is 3.43. The fraction of sp³-hybridized carbons (Fsp3) is 0.158. The van der Waals surface area contributed by atoms with E-state index in [1.54, 1.807) is 0 Å². The first kappa shape index (κ1) is 20.1. The Labute approximate surface area is 164 Å². The van der Waals surface area contributed by atoms with Crippen molar-refractivity contribution < 1.29 is 21.8 Å². The molecule has 0 aliphatic rings. The number of anilines is 3. The van der Waals surface area contributed by atoms with E-state index in [-0.39, 0.29) is 18.3 Å². The van der Waals surface area contributed by atoms with Gasteiger partial charge in [0.2, 0.25) is 5.91 Å². The number of nitrogens with zero attached hydrogens (tertiary/aromatic N) is 4. The van der Waals surface area contributed by atoms with E-state index in [1.165, 1.54) is 6.92 Å². The van der Waals surface area contributed by atoms with Crippen LogP contribution in [0.25, 0.3) is 0 Å². The van der Waals surface area contributed by atoms with Gasteiger partial charge in [-0.25, -0.2) is 9.13 Å². The zero-order valence-electron chi connectivity index (χ0n) is 15.3. The van der Waals surface area contributed by atoms with E-state index in [1.807, 2.05) is 84.2 Å². The van der Waals surface area contributed by atoms with Gasteiger partial charge in [-0.15, -0.1) is 0 Å². The molecule has 0 aliphatic carbocycles. The van der Waals surface area contributed by atoms with Crippen LogP contribution in [-0.4, -0.2) is 10.5 Å². The number of aromatic nitrogens is 2. The molecule has 0 unspecified atom stereocenters. The molecule has 1 heterocycles. The van der Waals surface area contributed by atoms with Crippen LogP contribution in [-0.2, 0) is 18.9 Å². The number of rotatable bonds is 5. The number of nitrogens with one attached hydrogen (secondary N) is 2. The predicted molar refractivity (Wildman–Crippen MR) is 101 cm³/mol. The molecule has 0 radical (unpaired) electrons. The zero-order valence-corrected chi connectivity index (χ0v) is 16.1. The molecule has 2 N–H and O–H groups in total. The van der Waals surface area contributed by atoms with Crippen molar-refractivity contribution in [2.24, 2.45) is 24.3 Å². The maximum atomic E-state index is 11.0. The summed E-state index contributed by atoms with van der Waals surface area (Å²) >= 11 is 0. The largest absolute Gasteiger partial charge is 1.00 e. The molecule has 1 aromatic heterocycles. The van der Waals surface area contributed by atoms with Crippen molar-refractivity contribution >= 4 is 34.6 Å². The van der Waals surface area contributed by atoms with Crippen LogP contribution < -0.4 is 27.6 Å². The van der Waals surface area contributed by atoms with Crippen molar-refractivity contribution in [3.63, 3.8) is 0 Å². The third-order valence-electron chi connectivity index (χ3n) is 3.76. The van der Waals surface area contributed by atoms with Gasteiger partial charge in [-0.3, -0.25) is 4.79 Å². The van der Waals surface area contributed by atoms with E-state index in [0.717, 1.165) is 28.7 Å². The number of carbonyl (C=O) groups is 1. The number of carbonyl (C=O) groups excluding carboxylic acids is 1. The number of halogens is 1. The van der Waals surface area contributed by atoms with Gasteiger partial charge in [-0.2, -0.15) is 0 Å². The molecule has 0 saturated carbocycles. The summed E-state index contributed by atoms with van der Waals surface area (Å²) in [5, 5.41) is 14.6. The predicted octanol–water partition coefficient (Wildman–Crippen LogP) is 0.971. The topological polar surface area (TPSA) is 74.7 Å². The molecule has 0 atom stereocenters. The Balaban J connectivity index is 0.00000261. The van der Waals surface area contributed by atoms with E-state index in [9.17, 15) is 4.79 Å². The number of aryl methyl sites for hydroxylation is 2. The quantitative estimate of drug-likeness (QED) is 0.508. The Bertz CT molecular complexity index is 912. The van der Waals surface area contributed by atoms with Crippen LogP contribution in [0, 0.1) is 0 Å². The molecule has 2 aromatic carbocycles. The summed E-state index contributed by atoms with van der Waals surface area (Å²) in [5.74, 6) is 0.686. The van der Waals surface area contributed by atoms with Crippen LogP contribution in [0.4, 0.5) is 28.7 Å². The molecule has 7 nitrogen and oxygen atoms in total. The number of benzene rings is 2. The first-order valence-corrected chi connectivity index (χ1v) is 8.19. The van der Waals surface area contributed by atoms with E-state index in [4.69, 9.17) is 0 Å². The second kappa shape index (κ2) is 8.95. The highest BCUT2D eigenvalue weighted by atomic mass is 35.5. The number of hydrogen-bond donors (Lipinski definition) is 2. The first-order valence-electron chi connectivity index (χ1n) is 8.19.